The summed E-state index contributed by atoms with van der Waals surface area (Å²) in [5.74, 6) is 0. The number of likely N-dealkylation sites (tertiary alicyclic amines) is 1. The average molecular weight is 229 g/mol. The molecule has 4 nitrogen and oxygen atoms in total. The van der Waals surface area contributed by atoms with E-state index >= 15 is 0 Å². The molecule has 1 heterocycles. The normalized spacial score (nSPS) is 25.9. The van der Waals surface area contributed by atoms with Gasteiger partial charge in [0.15, 0.2) is 0 Å². The van der Waals surface area contributed by atoms with Crippen LogP contribution in [0.5, 0.6) is 0 Å². The number of hydrogen-bond acceptors (Lipinski definition) is 3. The third-order valence-corrected chi connectivity index (χ3v) is 2.58. The van der Waals surface area contributed by atoms with Crippen molar-refractivity contribution in [3.8, 4) is 0 Å². The molecule has 1 amide bonds. The highest BCUT2D eigenvalue weighted by Gasteiger charge is 2.38. The molecule has 0 saturated carbocycles. The standard InChI is InChI=1S/C12H23NO3/c1-6-15-12(5)7-8-13(9-12)10(14)16-11(2,3)4/h6-9H2,1-5H3. The molecule has 0 aromatic heterocycles. The van der Waals surface area contributed by atoms with E-state index < -0.39 is 5.60 Å². The van der Waals surface area contributed by atoms with Gasteiger partial charge in [-0.15, -0.1) is 0 Å². The highest BCUT2D eigenvalue weighted by Crippen LogP contribution is 2.26. The first-order valence-electron chi connectivity index (χ1n) is 5.88. The molecule has 1 aliphatic heterocycles. The first-order valence-corrected chi connectivity index (χ1v) is 5.88. The van der Waals surface area contributed by atoms with Crippen molar-refractivity contribution in [3.05, 3.63) is 0 Å². The van der Waals surface area contributed by atoms with Gasteiger partial charge in [0.2, 0.25) is 0 Å². The lowest BCUT2D eigenvalue weighted by Crippen LogP contribution is -2.39. The summed E-state index contributed by atoms with van der Waals surface area (Å²) in [7, 11) is 0. The molecule has 1 rings (SSSR count). The third kappa shape index (κ3) is 3.67. The average Bonchev–Trinajstić information content (AvgIpc) is 2.45. The Kier molecular flexibility index (Phi) is 3.84. The molecule has 1 unspecified atom stereocenters. The maximum absolute atomic E-state index is 11.8. The first-order chi connectivity index (χ1) is 7.26. The minimum atomic E-state index is -0.429. The van der Waals surface area contributed by atoms with Gasteiger partial charge >= 0.3 is 6.09 Å². The van der Waals surface area contributed by atoms with Crippen molar-refractivity contribution in [3.63, 3.8) is 0 Å². The SMILES string of the molecule is CCOC1(C)CCN(C(=O)OC(C)(C)C)C1. The van der Waals surface area contributed by atoms with Gasteiger partial charge in [-0.2, -0.15) is 0 Å². The molecule has 0 aromatic rings. The highest BCUT2D eigenvalue weighted by molar-refractivity contribution is 5.68. The summed E-state index contributed by atoms with van der Waals surface area (Å²) in [6.07, 6.45) is 0.635. The molecule has 0 N–H and O–H groups in total. The van der Waals surface area contributed by atoms with Crippen molar-refractivity contribution in [1.29, 1.82) is 0 Å². The lowest BCUT2D eigenvalue weighted by Gasteiger charge is -2.27. The van der Waals surface area contributed by atoms with Gasteiger partial charge in [-0.05, 0) is 41.0 Å². The largest absolute Gasteiger partial charge is 0.444 e. The van der Waals surface area contributed by atoms with E-state index in [9.17, 15) is 4.79 Å². The lowest BCUT2D eigenvalue weighted by molar-refractivity contribution is -0.0210. The fourth-order valence-electron chi connectivity index (χ4n) is 1.88. The van der Waals surface area contributed by atoms with Crippen LogP contribution in [0.2, 0.25) is 0 Å². The van der Waals surface area contributed by atoms with E-state index in [-0.39, 0.29) is 11.7 Å². The van der Waals surface area contributed by atoms with E-state index in [1.807, 2.05) is 34.6 Å². The highest BCUT2D eigenvalue weighted by atomic mass is 16.6. The summed E-state index contributed by atoms with van der Waals surface area (Å²) in [6.45, 7) is 11.7. The molecule has 16 heavy (non-hydrogen) atoms. The van der Waals surface area contributed by atoms with Crippen molar-refractivity contribution < 1.29 is 14.3 Å². The number of hydrogen-bond donors (Lipinski definition) is 0. The summed E-state index contributed by atoms with van der Waals surface area (Å²) in [4.78, 5) is 13.5. The number of ether oxygens (including phenoxy) is 2. The number of amides is 1. The summed E-state index contributed by atoms with van der Waals surface area (Å²) in [5, 5.41) is 0. The fourth-order valence-corrected chi connectivity index (χ4v) is 1.88. The Bertz CT molecular complexity index is 259. The Hall–Kier alpha value is -0.770. The zero-order chi connectivity index (χ0) is 12.4. The van der Waals surface area contributed by atoms with E-state index in [0.29, 0.717) is 19.7 Å². The van der Waals surface area contributed by atoms with E-state index in [1.165, 1.54) is 0 Å². The molecule has 1 fully saturated rings. The van der Waals surface area contributed by atoms with E-state index in [2.05, 4.69) is 0 Å². The summed E-state index contributed by atoms with van der Waals surface area (Å²) in [6, 6.07) is 0. The zero-order valence-corrected chi connectivity index (χ0v) is 11.0. The van der Waals surface area contributed by atoms with Crippen LogP contribution in [0.3, 0.4) is 0 Å². The van der Waals surface area contributed by atoms with Crippen LogP contribution in [0.1, 0.15) is 41.0 Å². The second-order valence-corrected chi connectivity index (χ2v) is 5.53. The quantitative estimate of drug-likeness (QED) is 0.730. The molecule has 0 bridgehead atoms. The van der Waals surface area contributed by atoms with Crippen LogP contribution in [0, 0.1) is 0 Å². The van der Waals surface area contributed by atoms with E-state index in [4.69, 9.17) is 9.47 Å². The fraction of sp³-hybridized carbons (Fsp3) is 0.917. The van der Waals surface area contributed by atoms with Gasteiger partial charge < -0.3 is 14.4 Å². The van der Waals surface area contributed by atoms with Crippen LogP contribution in [-0.2, 0) is 9.47 Å². The second-order valence-electron chi connectivity index (χ2n) is 5.53. The topological polar surface area (TPSA) is 38.8 Å². The van der Waals surface area contributed by atoms with Gasteiger partial charge in [0.05, 0.1) is 12.1 Å². The van der Waals surface area contributed by atoms with Gasteiger partial charge in [-0.25, -0.2) is 4.79 Å². The van der Waals surface area contributed by atoms with Crippen molar-refractivity contribution in [2.75, 3.05) is 19.7 Å². The predicted molar refractivity (Wildman–Crippen MR) is 62.5 cm³/mol. The Morgan fingerprint density at radius 2 is 2.06 bits per heavy atom. The van der Waals surface area contributed by atoms with Crippen LogP contribution in [-0.4, -0.2) is 41.9 Å². The molecule has 94 valence electrons. The molecule has 1 atom stereocenters. The smallest absolute Gasteiger partial charge is 0.410 e. The van der Waals surface area contributed by atoms with Crippen molar-refractivity contribution >= 4 is 6.09 Å². The number of carbonyl (C=O) groups excluding carboxylic acids is 1. The molecule has 0 spiro atoms. The number of rotatable bonds is 2. The summed E-state index contributed by atoms with van der Waals surface area (Å²) < 4.78 is 11.0. The Morgan fingerprint density at radius 3 is 2.56 bits per heavy atom. The molecule has 1 aliphatic rings. The van der Waals surface area contributed by atoms with Gasteiger partial charge in [-0.3, -0.25) is 0 Å². The van der Waals surface area contributed by atoms with Gasteiger partial charge in [-0.1, -0.05) is 0 Å². The summed E-state index contributed by atoms with van der Waals surface area (Å²) in [5.41, 5.74) is -0.632. The second kappa shape index (κ2) is 4.62. The first kappa shape index (κ1) is 13.3. The van der Waals surface area contributed by atoms with E-state index in [1.54, 1.807) is 4.90 Å². The van der Waals surface area contributed by atoms with Crippen molar-refractivity contribution in [2.45, 2.75) is 52.2 Å². The maximum Gasteiger partial charge on any atom is 0.410 e. The molecule has 0 aliphatic carbocycles. The monoisotopic (exact) mass is 229 g/mol. The molecular weight excluding hydrogens is 206 g/mol. The van der Waals surface area contributed by atoms with Gasteiger partial charge in [0, 0.05) is 13.2 Å². The van der Waals surface area contributed by atoms with Crippen molar-refractivity contribution in [2.24, 2.45) is 0 Å². The zero-order valence-electron chi connectivity index (χ0n) is 11.0. The molecular formula is C12H23NO3. The van der Waals surface area contributed by atoms with Crippen LogP contribution < -0.4 is 0 Å². The number of nitrogens with zero attached hydrogens (tertiary/aromatic N) is 1. The maximum atomic E-state index is 11.8. The Balaban J connectivity index is 2.50. The molecule has 0 radical (unpaired) electrons. The minimum absolute atomic E-state index is 0.203. The van der Waals surface area contributed by atoms with E-state index in [0.717, 1.165) is 6.42 Å². The molecule has 0 aromatic carbocycles. The van der Waals surface area contributed by atoms with Crippen LogP contribution in [0.15, 0.2) is 0 Å². The Morgan fingerprint density at radius 1 is 1.44 bits per heavy atom. The van der Waals surface area contributed by atoms with Crippen LogP contribution >= 0.6 is 0 Å². The minimum Gasteiger partial charge on any atom is -0.444 e. The van der Waals surface area contributed by atoms with Crippen LogP contribution in [0.25, 0.3) is 0 Å². The van der Waals surface area contributed by atoms with Crippen LogP contribution in [0.4, 0.5) is 4.79 Å². The summed E-state index contributed by atoms with van der Waals surface area (Å²) >= 11 is 0. The molecule has 1 saturated heterocycles. The van der Waals surface area contributed by atoms with Gasteiger partial charge in [0.1, 0.15) is 5.60 Å². The lowest BCUT2D eigenvalue weighted by atomic mass is 10.1. The van der Waals surface area contributed by atoms with Crippen molar-refractivity contribution in [1.82, 2.24) is 4.90 Å². The van der Waals surface area contributed by atoms with Gasteiger partial charge in [0.25, 0.3) is 0 Å². The third-order valence-electron chi connectivity index (χ3n) is 2.58. The molecule has 4 heteroatoms. The Labute approximate surface area is 97.9 Å². The predicted octanol–water partition coefficient (Wildman–Crippen LogP) is 2.42. The number of carbonyl (C=O) groups is 1.